The minimum Gasteiger partial charge on any atom is -0.235 e. The second kappa shape index (κ2) is 5.37. The van der Waals surface area contributed by atoms with Gasteiger partial charge in [0.05, 0.1) is 16.3 Å². The molecule has 1 nitrogen and oxygen atoms in total. The number of hydrogen-bond donors (Lipinski definition) is 0. The van der Waals surface area contributed by atoms with Crippen molar-refractivity contribution in [3.05, 3.63) is 39.7 Å². The zero-order valence-corrected chi connectivity index (χ0v) is 11.8. The molecule has 0 radical (unpaired) electrons. The molecule has 0 aliphatic carbocycles. The molecule has 0 amide bonds. The maximum absolute atomic E-state index is 13.5. The van der Waals surface area contributed by atoms with E-state index in [-0.39, 0.29) is 22.3 Å². The molecule has 0 unspecified atom stereocenters. The van der Waals surface area contributed by atoms with E-state index in [1.54, 1.807) is 6.92 Å². The molecule has 1 aromatic carbocycles. The molecule has 0 N–H and O–H groups in total. The summed E-state index contributed by atoms with van der Waals surface area (Å²) >= 11 is 11.8. The van der Waals surface area contributed by atoms with Crippen LogP contribution in [-0.2, 0) is 12.6 Å². The number of rotatable bonds is 0. The van der Waals surface area contributed by atoms with E-state index < -0.39 is 17.6 Å². The number of aliphatic imine (C=N–C) groups is 1. The van der Waals surface area contributed by atoms with Crippen LogP contribution in [0, 0.1) is 5.82 Å². The Bertz CT molecular complexity index is 618. The van der Waals surface area contributed by atoms with Gasteiger partial charge in [0.1, 0.15) is 11.0 Å². The van der Waals surface area contributed by atoms with Gasteiger partial charge in [-0.15, -0.1) is 0 Å². The Hall–Kier alpha value is -1.07. The summed E-state index contributed by atoms with van der Waals surface area (Å²) in [6.45, 7) is 1.72. The Labute approximate surface area is 122 Å². The van der Waals surface area contributed by atoms with Crippen LogP contribution in [0.2, 0.25) is 0 Å². The van der Waals surface area contributed by atoms with Gasteiger partial charge in [0.2, 0.25) is 0 Å². The van der Waals surface area contributed by atoms with Crippen molar-refractivity contribution in [1.29, 1.82) is 0 Å². The summed E-state index contributed by atoms with van der Waals surface area (Å²) in [5.74, 6) is -1.37. The highest BCUT2D eigenvalue weighted by Crippen LogP contribution is 2.37. The van der Waals surface area contributed by atoms with Crippen molar-refractivity contribution < 1.29 is 17.6 Å². The van der Waals surface area contributed by atoms with Crippen molar-refractivity contribution in [1.82, 2.24) is 0 Å². The number of nitrogens with zero attached hydrogens (tertiary/aromatic N) is 1. The van der Waals surface area contributed by atoms with E-state index in [0.29, 0.717) is 12.0 Å². The fourth-order valence-electron chi connectivity index (χ4n) is 1.89. The van der Waals surface area contributed by atoms with E-state index in [2.05, 4.69) is 4.99 Å². The van der Waals surface area contributed by atoms with Crippen LogP contribution >= 0.6 is 23.2 Å². The van der Waals surface area contributed by atoms with E-state index in [1.807, 2.05) is 0 Å². The fourth-order valence-corrected chi connectivity index (χ4v) is 2.28. The van der Waals surface area contributed by atoms with Gasteiger partial charge in [0, 0.05) is 6.07 Å². The molecule has 0 aromatic heterocycles. The number of hydrogen-bond acceptors (Lipinski definition) is 1. The van der Waals surface area contributed by atoms with Gasteiger partial charge in [-0.25, -0.2) is 9.38 Å². The van der Waals surface area contributed by atoms with Crippen LogP contribution in [-0.4, -0.2) is 5.17 Å². The normalized spacial score (nSPS) is 16.4. The van der Waals surface area contributed by atoms with Crippen molar-refractivity contribution in [3.8, 4) is 0 Å². The quantitative estimate of drug-likeness (QED) is 0.553. The molecule has 0 bridgehead atoms. The molecule has 0 atom stereocenters. The second-order valence-electron chi connectivity index (χ2n) is 4.46. The SMILES string of the molecule is CC1=C(Cl)C(Cl)=Nc2cc(F)c(C(F)(F)F)cc2CC1. The molecular formula is C13H9Cl2F4N. The third-order valence-electron chi connectivity index (χ3n) is 3.02. The summed E-state index contributed by atoms with van der Waals surface area (Å²) in [6.07, 6.45) is -4.02. The Kier molecular flexibility index (Phi) is 4.12. The number of aryl methyl sites for hydroxylation is 1. The van der Waals surface area contributed by atoms with Gasteiger partial charge in [-0.05, 0) is 31.4 Å². The van der Waals surface area contributed by atoms with Crippen molar-refractivity contribution in [2.75, 3.05) is 0 Å². The topological polar surface area (TPSA) is 12.4 Å². The number of fused-ring (bicyclic) bond motifs is 1. The van der Waals surface area contributed by atoms with E-state index in [4.69, 9.17) is 23.2 Å². The highest BCUT2D eigenvalue weighted by molar-refractivity contribution is 6.76. The first-order valence-corrected chi connectivity index (χ1v) is 6.45. The molecular weight excluding hydrogens is 317 g/mol. The number of alkyl halides is 3. The van der Waals surface area contributed by atoms with Crippen LogP contribution in [0.3, 0.4) is 0 Å². The highest BCUT2D eigenvalue weighted by atomic mass is 35.5. The standard InChI is InChI=1S/C13H9Cl2F4N/c1-6-2-3-7-4-8(13(17,18)19)9(16)5-10(7)20-12(15)11(6)14/h4-5H,2-3H2,1H3. The zero-order valence-electron chi connectivity index (χ0n) is 10.3. The predicted molar refractivity (Wildman–Crippen MR) is 71.2 cm³/mol. The molecule has 0 spiro atoms. The summed E-state index contributed by atoms with van der Waals surface area (Å²) in [5.41, 5.74) is -0.202. The lowest BCUT2D eigenvalue weighted by Crippen LogP contribution is -2.10. The molecule has 1 heterocycles. The Balaban J connectivity index is 2.60. The molecule has 1 aliphatic rings. The molecule has 0 saturated carbocycles. The molecule has 1 aliphatic heterocycles. The van der Waals surface area contributed by atoms with E-state index >= 15 is 0 Å². The van der Waals surface area contributed by atoms with Gasteiger partial charge in [0.15, 0.2) is 0 Å². The first kappa shape index (κ1) is 15.3. The molecule has 20 heavy (non-hydrogen) atoms. The summed E-state index contributed by atoms with van der Waals surface area (Å²) < 4.78 is 51.6. The third-order valence-corrected chi connectivity index (χ3v) is 3.89. The van der Waals surface area contributed by atoms with Gasteiger partial charge < -0.3 is 0 Å². The average molecular weight is 326 g/mol. The van der Waals surface area contributed by atoms with Crippen molar-refractivity contribution in [2.24, 2.45) is 4.99 Å². The monoisotopic (exact) mass is 325 g/mol. The summed E-state index contributed by atoms with van der Waals surface area (Å²) in [5, 5.41) is 0.196. The maximum Gasteiger partial charge on any atom is 0.419 e. The van der Waals surface area contributed by atoms with Gasteiger partial charge in [0.25, 0.3) is 0 Å². The summed E-state index contributed by atoms with van der Waals surface area (Å²) in [4.78, 5) is 3.90. The minimum absolute atomic E-state index is 0.0516. The van der Waals surface area contributed by atoms with Gasteiger partial charge >= 0.3 is 6.18 Å². The Morgan fingerprint density at radius 3 is 2.40 bits per heavy atom. The van der Waals surface area contributed by atoms with Crippen LogP contribution < -0.4 is 0 Å². The number of halogens is 6. The predicted octanol–water partition coefficient (Wildman–Crippen LogP) is 5.57. The van der Waals surface area contributed by atoms with Crippen LogP contribution in [0.1, 0.15) is 24.5 Å². The van der Waals surface area contributed by atoms with Crippen LogP contribution in [0.25, 0.3) is 0 Å². The zero-order chi connectivity index (χ0) is 15.1. The third kappa shape index (κ3) is 2.99. The fraction of sp³-hybridized carbons (Fsp3) is 0.308. The molecule has 7 heteroatoms. The lowest BCUT2D eigenvalue weighted by Gasteiger charge is -2.15. The van der Waals surface area contributed by atoms with Crippen LogP contribution in [0.15, 0.2) is 27.7 Å². The van der Waals surface area contributed by atoms with Gasteiger partial charge in [-0.2, -0.15) is 13.2 Å². The largest absolute Gasteiger partial charge is 0.419 e. The lowest BCUT2D eigenvalue weighted by atomic mass is 9.99. The van der Waals surface area contributed by atoms with Gasteiger partial charge in [-0.3, -0.25) is 0 Å². The second-order valence-corrected chi connectivity index (χ2v) is 5.19. The molecule has 1 aromatic rings. The molecule has 0 fully saturated rings. The van der Waals surface area contributed by atoms with E-state index in [9.17, 15) is 17.6 Å². The van der Waals surface area contributed by atoms with E-state index in [1.165, 1.54) is 0 Å². The molecule has 2 rings (SSSR count). The van der Waals surface area contributed by atoms with Crippen molar-refractivity contribution >= 4 is 34.1 Å². The maximum atomic E-state index is 13.5. The van der Waals surface area contributed by atoms with Crippen molar-refractivity contribution in [2.45, 2.75) is 25.9 Å². The summed E-state index contributed by atoms with van der Waals surface area (Å²) in [7, 11) is 0. The number of benzene rings is 1. The first-order valence-electron chi connectivity index (χ1n) is 5.69. The lowest BCUT2D eigenvalue weighted by molar-refractivity contribution is -0.140. The van der Waals surface area contributed by atoms with Gasteiger partial charge in [-0.1, -0.05) is 28.8 Å². The molecule has 0 saturated heterocycles. The smallest absolute Gasteiger partial charge is 0.235 e. The Morgan fingerprint density at radius 2 is 1.80 bits per heavy atom. The Morgan fingerprint density at radius 1 is 1.15 bits per heavy atom. The van der Waals surface area contributed by atoms with E-state index in [0.717, 1.165) is 17.7 Å². The van der Waals surface area contributed by atoms with Crippen LogP contribution in [0.5, 0.6) is 0 Å². The average Bonchev–Trinajstić information content (AvgIpc) is 2.33. The molecule has 108 valence electrons. The first-order chi connectivity index (χ1) is 9.20. The summed E-state index contributed by atoms with van der Waals surface area (Å²) in [6, 6.07) is 1.52. The number of allylic oxidation sites excluding steroid dienone is 2. The highest BCUT2D eigenvalue weighted by Gasteiger charge is 2.35. The van der Waals surface area contributed by atoms with Crippen molar-refractivity contribution in [3.63, 3.8) is 0 Å². The minimum atomic E-state index is -4.74. The van der Waals surface area contributed by atoms with Crippen LogP contribution in [0.4, 0.5) is 23.2 Å².